The van der Waals surface area contributed by atoms with Crippen LogP contribution in [0.3, 0.4) is 0 Å². The molecule has 2 rings (SSSR count). The summed E-state index contributed by atoms with van der Waals surface area (Å²) in [6.07, 6.45) is 5.24. The van der Waals surface area contributed by atoms with Crippen molar-refractivity contribution in [2.45, 2.75) is 38.5 Å². The predicted molar refractivity (Wildman–Crippen MR) is 58.9 cm³/mol. The molecule has 1 N–H and O–H groups in total. The van der Waals surface area contributed by atoms with E-state index in [0.29, 0.717) is 5.91 Å². The van der Waals surface area contributed by atoms with Crippen molar-refractivity contribution < 1.29 is 14.7 Å². The summed E-state index contributed by atoms with van der Waals surface area (Å²) >= 11 is 0. The van der Waals surface area contributed by atoms with E-state index in [4.69, 9.17) is 5.11 Å². The minimum absolute atomic E-state index is 0.255. The molecule has 0 unspecified atom stereocenters. The van der Waals surface area contributed by atoms with Gasteiger partial charge in [0.2, 0.25) is 5.91 Å². The molecule has 90 valence electrons. The lowest BCUT2D eigenvalue weighted by molar-refractivity contribution is -0.140. The Kier molecular flexibility index (Phi) is 3.46. The molecule has 1 amide bonds. The van der Waals surface area contributed by atoms with Crippen LogP contribution in [-0.4, -0.2) is 35.0 Å². The summed E-state index contributed by atoms with van der Waals surface area (Å²) in [5, 5.41) is 8.70. The Hall–Kier alpha value is -1.06. The first-order valence-corrected chi connectivity index (χ1v) is 6.17. The number of carboxylic acid groups (broad SMARTS) is 1. The number of hydrogen-bond donors (Lipinski definition) is 1. The van der Waals surface area contributed by atoms with Gasteiger partial charge < -0.3 is 10.0 Å². The Morgan fingerprint density at radius 2 is 1.75 bits per heavy atom. The molecule has 4 heteroatoms. The average Bonchev–Trinajstić information content (AvgIpc) is 2.15. The minimum atomic E-state index is -0.719. The number of rotatable bonds is 3. The first-order chi connectivity index (χ1) is 7.66. The summed E-state index contributed by atoms with van der Waals surface area (Å²) in [5.74, 6) is 0.128. The molecule has 0 aromatic rings. The van der Waals surface area contributed by atoms with Crippen molar-refractivity contribution in [3.8, 4) is 0 Å². The van der Waals surface area contributed by atoms with E-state index in [9.17, 15) is 9.59 Å². The van der Waals surface area contributed by atoms with Gasteiger partial charge >= 0.3 is 5.97 Å². The smallest absolute Gasteiger partial charge is 0.303 e. The normalized spacial score (nSPS) is 22.9. The van der Waals surface area contributed by atoms with E-state index in [2.05, 4.69) is 0 Å². The number of aliphatic carboxylic acids is 1. The zero-order valence-corrected chi connectivity index (χ0v) is 9.52. The van der Waals surface area contributed by atoms with Crippen LogP contribution in [0.2, 0.25) is 0 Å². The standard InChI is InChI=1S/C12H19NO3/c14-11(15)8-9-4-6-13(7-5-9)12(16)10-2-1-3-10/h9-10H,1-8H2,(H,14,15). The average molecular weight is 225 g/mol. The van der Waals surface area contributed by atoms with Crippen molar-refractivity contribution in [1.82, 2.24) is 4.90 Å². The molecule has 2 fully saturated rings. The highest BCUT2D eigenvalue weighted by Crippen LogP contribution is 2.30. The molecule has 16 heavy (non-hydrogen) atoms. The van der Waals surface area contributed by atoms with Crippen LogP contribution in [0.25, 0.3) is 0 Å². The number of nitrogens with zero attached hydrogens (tertiary/aromatic N) is 1. The molecule has 0 radical (unpaired) electrons. The van der Waals surface area contributed by atoms with E-state index >= 15 is 0 Å². The third-order valence-electron chi connectivity index (χ3n) is 3.84. The zero-order chi connectivity index (χ0) is 11.5. The van der Waals surface area contributed by atoms with Crippen molar-refractivity contribution in [2.24, 2.45) is 11.8 Å². The van der Waals surface area contributed by atoms with E-state index in [-0.39, 0.29) is 18.3 Å². The van der Waals surface area contributed by atoms with Crippen LogP contribution < -0.4 is 0 Å². The van der Waals surface area contributed by atoms with Crippen LogP contribution >= 0.6 is 0 Å². The van der Waals surface area contributed by atoms with Crippen molar-refractivity contribution in [3.05, 3.63) is 0 Å². The minimum Gasteiger partial charge on any atom is -0.481 e. The summed E-state index contributed by atoms with van der Waals surface area (Å²) < 4.78 is 0. The van der Waals surface area contributed by atoms with Gasteiger partial charge in [0.15, 0.2) is 0 Å². The van der Waals surface area contributed by atoms with Crippen LogP contribution in [0.5, 0.6) is 0 Å². The van der Waals surface area contributed by atoms with Crippen molar-refractivity contribution >= 4 is 11.9 Å². The van der Waals surface area contributed by atoms with E-state index in [1.54, 1.807) is 0 Å². The topological polar surface area (TPSA) is 57.6 Å². The van der Waals surface area contributed by atoms with Gasteiger partial charge in [-0.25, -0.2) is 0 Å². The fourth-order valence-electron chi connectivity index (χ4n) is 2.52. The second-order valence-corrected chi connectivity index (χ2v) is 4.99. The molecular formula is C12H19NO3. The lowest BCUT2D eigenvalue weighted by atomic mass is 9.83. The number of amides is 1. The van der Waals surface area contributed by atoms with Gasteiger partial charge in [0.25, 0.3) is 0 Å². The Bertz CT molecular complexity index is 278. The van der Waals surface area contributed by atoms with Crippen LogP contribution in [-0.2, 0) is 9.59 Å². The Labute approximate surface area is 95.6 Å². The maximum Gasteiger partial charge on any atom is 0.303 e. The largest absolute Gasteiger partial charge is 0.481 e. The van der Waals surface area contributed by atoms with Crippen LogP contribution in [0.15, 0.2) is 0 Å². The lowest BCUT2D eigenvalue weighted by Gasteiger charge is -2.36. The Morgan fingerprint density at radius 3 is 2.19 bits per heavy atom. The van der Waals surface area contributed by atoms with E-state index in [0.717, 1.165) is 38.8 Å². The van der Waals surface area contributed by atoms with Crippen LogP contribution in [0.4, 0.5) is 0 Å². The molecule has 0 aromatic heterocycles. The number of carbonyl (C=O) groups excluding carboxylic acids is 1. The van der Waals surface area contributed by atoms with E-state index < -0.39 is 5.97 Å². The lowest BCUT2D eigenvalue weighted by Crippen LogP contribution is -2.43. The number of likely N-dealkylation sites (tertiary alicyclic amines) is 1. The maximum atomic E-state index is 11.9. The third-order valence-corrected chi connectivity index (χ3v) is 3.84. The van der Waals surface area contributed by atoms with Gasteiger partial charge in [-0.1, -0.05) is 6.42 Å². The molecule has 0 aromatic carbocycles. The summed E-state index contributed by atoms with van der Waals surface area (Å²) in [6.45, 7) is 1.51. The summed E-state index contributed by atoms with van der Waals surface area (Å²) in [5.41, 5.74) is 0. The van der Waals surface area contributed by atoms with E-state index in [1.165, 1.54) is 6.42 Å². The van der Waals surface area contributed by atoms with Crippen molar-refractivity contribution in [1.29, 1.82) is 0 Å². The van der Waals surface area contributed by atoms with Crippen molar-refractivity contribution in [2.75, 3.05) is 13.1 Å². The molecule has 2 aliphatic rings. The molecule has 0 atom stereocenters. The first-order valence-electron chi connectivity index (χ1n) is 6.17. The Balaban J connectivity index is 1.76. The van der Waals surface area contributed by atoms with Crippen LogP contribution in [0.1, 0.15) is 38.5 Å². The fraction of sp³-hybridized carbons (Fsp3) is 0.833. The quantitative estimate of drug-likeness (QED) is 0.791. The molecule has 4 nitrogen and oxygen atoms in total. The second kappa shape index (κ2) is 4.85. The van der Waals surface area contributed by atoms with Gasteiger partial charge in [0.05, 0.1) is 0 Å². The molecule has 0 spiro atoms. The highest BCUT2D eigenvalue weighted by Gasteiger charge is 2.31. The molecule has 1 aliphatic carbocycles. The van der Waals surface area contributed by atoms with Gasteiger partial charge in [-0.3, -0.25) is 9.59 Å². The van der Waals surface area contributed by atoms with Crippen molar-refractivity contribution in [3.63, 3.8) is 0 Å². The van der Waals surface area contributed by atoms with Gasteiger partial charge in [-0.05, 0) is 31.6 Å². The Morgan fingerprint density at radius 1 is 1.12 bits per heavy atom. The molecule has 1 saturated carbocycles. The molecule has 1 heterocycles. The van der Waals surface area contributed by atoms with Gasteiger partial charge in [0.1, 0.15) is 0 Å². The molecule has 1 aliphatic heterocycles. The number of hydrogen-bond acceptors (Lipinski definition) is 2. The first kappa shape index (κ1) is 11.4. The summed E-state index contributed by atoms with van der Waals surface area (Å²) in [4.78, 5) is 24.4. The number of carbonyl (C=O) groups is 2. The fourth-order valence-corrected chi connectivity index (χ4v) is 2.52. The molecule has 0 bridgehead atoms. The monoisotopic (exact) mass is 225 g/mol. The maximum absolute atomic E-state index is 11.9. The van der Waals surface area contributed by atoms with Gasteiger partial charge in [-0.15, -0.1) is 0 Å². The second-order valence-electron chi connectivity index (χ2n) is 4.99. The van der Waals surface area contributed by atoms with Gasteiger partial charge in [0, 0.05) is 25.4 Å². The van der Waals surface area contributed by atoms with Crippen LogP contribution in [0, 0.1) is 11.8 Å². The van der Waals surface area contributed by atoms with E-state index in [1.807, 2.05) is 4.90 Å². The highest BCUT2D eigenvalue weighted by atomic mass is 16.4. The zero-order valence-electron chi connectivity index (χ0n) is 9.52. The summed E-state index contributed by atoms with van der Waals surface area (Å²) in [6, 6.07) is 0. The SMILES string of the molecule is O=C(O)CC1CCN(C(=O)C2CCC2)CC1. The van der Waals surface area contributed by atoms with Gasteiger partial charge in [-0.2, -0.15) is 0 Å². The molecular weight excluding hydrogens is 206 g/mol. The predicted octanol–water partition coefficient (Wildman–Crippen LogP) is 1.50. The molecule has 1 saturated heterocycles. The number of piperidine rings is 1. The highest BCUT2D eigenvalue weighted by molar-refractivity contribution is 5.79. The third kappa shape index (κ3) is 2.54. The summed E-state index contributed by atoms with van der Waals surface area (Å²) in [7, 11) is 0. The number of carboxylic acids is 1.